The number of aryl methyl sites for hydroxylation is 1. The molecule has 1 atom stereocenters. The topological polar surface area (TPSA) is 61.4 Å². The van der Waals surface area contributed by atoms with Crippen LogP contribution in [0, 0.1) is 12.8 Å². The van der Waals surface area contributed by atoms with Gasteiger partial charge in [-0.3, -0.25) is 9.59 Å². The molecule has 0 saturated carbocycles. The summed E-state index contributed by atoms with van der Waals surface area (Å²) in [5.74, 6) is 2.51. The molecule has 2 saturated heterocycles. The van der Waals surface area contributed by atoms with Gasteiger partial charge in [0.25, 0.3) is 0 Å². The van der Waals surface area contributed by atoms with Crippen LogP contribution in [0.4, 0.5) is 0 Å². The Bertz CT molecular complexity index is 612. The largest absolute Gasteiger partial charge is 0.352 e. The Hall–Kier alpha value is -1.24. The van der Waals surface area contributed by atoms with Crippen LogP contribution in [0.25, 0.3) is 0 Å². The van der Waals surface area contributed by atoms with E-state index in [1.807, 2.05) is 16.7 Å². The van der Waals surface area contributed by atoms with E-state index >= 15 is 0 Å². The second-order valence-corrected chi connectivity index (χ2v) is 8.44. The van der Waals surface area contributed by atoms with Crippen LogP contribution >= 0.6 is 24.2 Å². The highest BCUT2D eigenvalue weighted by Gasteiger charge is 2.28. The number of thioether (sulfide) groups is 1. The second-order valence-electron chi connectivity index (χ2n) is 7.29. The number of nitrogens with one attached hydrogen (secondary N) is 2. The molecule has 0 bridgehead atoms. The number of hydrogen-bond donors (Lipinski definition) is 2. The molecule has 2 aliphatic rings. The first-order valence-corrected chi connectivity index (χ1v) is 10.7. The molecule has 1 unspecified atom stereocenters. The molecule has 3 rings (SSSR count). The molecule has 7 heteroatoms. The van der Waals surface area contributed by atoms with Crippen LogP contribution < -0.4 is 10.6 Å². The molecule has 2 aliphatic heterocycles. The molecule has 150 valence electrons. The van der Waals surface area contributed by atoms with E-state index in [-0.39, 0.29) is 30.1 Å². The van der Waals surface area contributed by atoms with E-state index in [0.29, 0.717) is 32.1 Å². The summed E-state index contributed by atoms with van der Waals surface area (Å²) in [7, 11) is 0. The fourth-order valence-electron chi connectivity index (χ4n) is 3.52. The van der Waals surface area contributed by atoms with Crippen LogP contribution in [-0.2, 0) is 16.1 Å². The lowest BCUT2D eigenvalue weighted by atomic mass is 9.95. The molecule has 0 spiro atoms. The molecule has 0 aromatic heterocycles. The summed E-state index contributed by atoms with van der Waals surface area (Å²) >= 11 is 1.91. The van der Waals surface area contributed by atoms with E-state index in [4.69, 9.17) is 0 Å². The molecule has 2 fully saturated rings. The second kappa shape index (κ2) is 10.9. The lowest BCUT2D eigenvalue weighted by molar-refractivity contribution is -0.136. The van der Waals surface area contributed by atoms with Crippen LogP contribution in [0.1, 0.15) is 30.4 Å². The van der Waals surface area contributed by atoms with Gasteiger partial charge in [0, 0.05) is 56.1 Å². The average molecular weight is 412 g/mol. The molecule has 5 nitrogen and oxygen atoms in total. The number of halogens is 1. The van der Waals surface area contributed by atoms with E-state index in [1.165, 1.54) is 5.56 Å². The lowest BCUT2D eigenvalue weighted by Gasteiger charge is -2.33. The van der Waals surface area contributed by atoms with E-state index in [0.717, 1.165) is 36.5 Å². The lowest BCUT2D eigenvalue weighted by Crippen LogP contribution is -2.46. The fourth-order valence-corrected chi connectivity index (χ4v) is 4.47. The van der Waals surface area contributed by atoms with Crippen molar-refractivity contribution in [1.29, 1.82) is 0 Å². The zero-order valence-corrected chi connectivity index (χ0v) is 17.5. The quantitative estimate of drug-likeness (QED) is 0.780. The number of amides is 2. The maximum atomic E-state index is 12.5. The van der Waals surface area contributed by atoms with Crippen LogP contribution in [0.5, 0.6) is 0 Å². The van der Waals surface area contributed by atoms with Crippen molar-refractivity contribution >= 4 is 36.0 Å². The molecule has 0 radical (unpaired) electrons. The Kier molecular flexibility index (Phi) is 8.93. The van der Waals surface area contributed by atoms with Gasteiger partial charge in [-0.1, -0.05) is 29.8 Å². The van der Waals surface area contributed by atoms with E-state index in [9.17, 15) is 9.59 Å². The predicted molar refractivity (Wildman–Crippen MR) is 113 cm³/mol. The maximum Gasteiger partial charge on any atom is 0.224 e. The Labute approximate surface area is 172 Å². The summed E-state index contributed by atoms with van der Waals surface area (Å²) in [6.45, 7) is 5.01. The van der Waals surface area contributed by atoms with Crippen LogP contribution in [-0.4, -0.2) is 53.9 Å². The molecule has 2 heterocycles. The van der Waals surface area contributed by atoms with Gasteiger partial charge in [0.15, 0.2) is 0 Å². The van der Waals surface area contributed by atoms with Crippen LogP contribution in [0.2, 0.25) is 0 Å². The van der Waals surface area contributed by atoms with Gasteiger partial charge in [-0.2, -0.15) is 11.8 Å². The number of benzene rings is 1. The molecular weight excluding hydrogens is 382 g/mol. The Morgan fingerprint density at radius 3 is 2.56 bits per heavy atom. The first-order valence-electron chi connectivity index (χ1n) is 9.54. The van der Waals surface area contributed by atoms with Gasteiger partial charge in [-0.15, -0.1) is 12.4 Å². The van der Waals surface area contributed by atoms with Gasteiger partial charge in [-0.25, -0.2) is 0 Å². The third-order valence-corrected chi connectivity index (χ3v) is 6.36. The number of likely N-dealkylation sites (tertiary alicyclic amines) is 1. The highest BCUT2D eigenvalue weighted by atomic mass is 35.5. The van der Waals surface area contributed by atoms with Crippen LogP contribution in [0.3, 0.4) is 0 Å². The van der Waals surface area contributed by atoms with Crippen LogP contribution in [0.15, 0.2) is 24.3 Å². The number of carbonyl (C=O) groups excluding carboxylic acids is 2. The van der Waals surface area contributed by atoms with Crippen molar-refractivity contribution in [2.24, 2.45) is 5.92 Å². The van der Waals surface area contributed by atoms with Gasteiger partial charge < -0.3 is 15.5 Å². The van der Waals surface area contributed by atoms with Gasteiger partial charge in [-0.05, 0) is 25.3 Å². The first-order chi connectivity index (χ1) is 12.6. The Balaban J connectivity index is 0.00000261. The molecule has 1 aromatic carbocycles. The normalized spacial score (nSPS) is 20.6. The number of piperidine rings is 1. The third-order valence-electron chi connectivity index (χ3n) is 5.23. The molecule has 27 heavy (non-hydrogen) atoms. The summed E-state index contributed by atoms with van der Waals surface area (Å²) in [6, 6.07) is 8.52. The van der Waals surface area contributed by atoms with Crippen molar-refractivity contribution in [3.63, 3.8) is 0 Å². The molecule has 0 aliphatic carbocycles. The minimum Gasteiger partial charge on any atom is -0.352 e. The minimum atomic E-state index is 0. The van der Waals surface area contributed by atoms with Gasteiger partial charge in [0.2, 0.25) is 11.8 Å². The smallest absolute Gasteiger partial charge is 0.224 e. The zero-order valence-electron chi connectivity index (χ0n) is 15.9. The standard InChI is InChI=1S/C20H29N3O2S.ClH/c1-15-2-4-16(5-3-15)13-22-20(25)17-6-9-23(10-7-17)19(24)12-18-14-26-11-8-21-18;/h2-5,17-18,21H,6-14H2,1H3,(H,22,25);1H. The minimum absolute atomic E-state index is 0. The van der Waals surface area contributed by atoms with Crippen molar-refractivity contribution < 1.29 is 9.59 Å². The third kappa shape index (κ3) is 6.70. The maximum absolute atomic E-state index is 12.5. The Morgan fingerprint density at radius 1 is 1.22 bits per heavy atom. The molecule has 2 N–H and O–H groups in total. The summed E-state index contributed by atoms with van der Waals surface area (Å²) < 4.78 is 0. The molecule has 2 amide bonds. The van der Waals surface area contributed by atoms with Crippen molar-refractivity contribution in [3.05, 3.63) is 35.4 Å². The average Bonchev–Trinajstić information content (AvgIpc) is 2.68. The monoisotopic (exact) mass is 411 g/mol. The van der Waals surface area contributed by atoms with Crippen molar-refractivity contribution in [1.82, 2.24) is 15.5 Å². The highest BCUT2D eigenvalue weighted by molar-refractivity contribution is 7.99. The number of nitrogens with zero attached hydrogens (tertiary/aromatic N) is 1. The number of carbonyl (C=O) groups is 2. The number of hydrogen-bond acceptors (Lipinski definition) is 4. The SMILES string of the molecule is Cc1ccc(CNC(=O)C2CCN(C(=O)CC3CSCCN3)CC2)cc1.Cl. The highest BCUT2D eigenvalue weighted by Crippen LogP contribution is 2.19. The van der Waals surface area contributed by atoms with Gasteiger partial charge in [0.05, 0.1) is 0 Å². The summed E-state index contributed by atoms with van der Waals surface area (Å²) in [6.07, 6.45) is 2.11. The summed E-state index contributed by atoms with van der Waals surface area (Å²) in [5, 5.41) is 6.46. The fraction of sp³-hybridized carbons (Fsp3) is 0.600. The molecule has 1 aromatic rings. The van der Waals surface area contributed by atoms with E-state index in [2.05, 4.69) is 41.8 Å². The van der Waals surface area contributed by atoms with E-state index < -0.39 is 0 Å². The molecular formula is C20H30ClN3O2S. The summed E-state index contributed by atoms with van der Waals surface area (Å²) in [4.78, 5) is 26.8. The number of rotatable bonds is 5. The Morgan fingerprint density at radius 2 is 1.93 bits per heavy atom. The van der Waals surface area contributed by atoms with Crippen molar-refractivity contribution in [3.8, 4) is 0 Å². The summed E-state index contributed by atoms with van der Waals surface area (Å²) in [5.41, 5.74) is 2.34. The van der Waals surface area contributed by atoms with Crippen molar-refractivity contribution in [2.75, 3.05) is 31.1 Å². The van der Waals surface area contributed by atoms with Gasteiger partial charge >= 0.3 is 0 Å². The predicted octanol–water partition coefficient (Wildman–Crippen LogP) is 2.37. The van der Waals surface area contributed by atoms with Gasteiger partial charge in [0.1, 0.15) is 0 Å². The van der Waals surface area contributed by atoms with E-state index in [1.54, 1.807) is 0 Å². The zero-order chi connectivity index (χ0) is 18.4. The first kappa shape index (κ1) is 22.1. The van der Waals surface area contributed by atoms with Crippen molar-refractivity contribution in [2.45, 2.75) is 38.8 Å².